The second-order valence-electron chi connectivity index (χ2n) is 5.28. The van der Waals surface area contributed by atoms with Crippen LogP contribution in [0.3, 0.4) is 0 Å². The first-order chi connectivity index (χ1) is 10.1. The molecule has 1 aliphatic carbocycles. The summed E-state index contributed by atoms with van der Waals surface area (Å²) in [6.07, 6.45) is 4.15. The molecule has 1 saturated carbocycles. The van der Waals surface area contributed by atoms with Crippen molar-refractivity contribution in [2.45, 2.75) is 19.4 Å². The topological polar surface area (TPSA) is 46.9 Å². The van der Waals surface area contributed by atoms with Crippen molar-refractivity contribution in [3.05, 3.63) is 56.7 Å². The van der Waals surface area contributed by atoms with Crippen molar-refractivity contribution in [1.29, 1.82) is 0 Å². The Hall–Kier alpha value is -1.69. The van der Waals surface area contributed by atoms with E-state index in [1.807, 2.05) is 0 Å². The summed E-state index contributed by atoms with van der Waals surface area (Å²) in [5, 5.41) is 7.35. The maximum Gasteiger partial charge on any atom is 0.269 e. The van der Waals surface area contributed by atoms with Crippen LogP contribution in [0, 0.1) is 11.7 Å². The third kappa shape index (κ3) is 3.50. The lowest BCUT2D eigenvalue weighted by atomic mass is 10.2. The normalized spacial score (nSPS) is 14.2. The van der Waals surface area contributed by atoms with Gasteiger partial charge < -0.3 is 5.32 Å². The van der Waals surface area contributed by atoms with Crippen molar-refractivity contribution in [2.24, 2.45) is 5.92 Å². The summed E-state index contributed by atoms with van der Waals surface area (Å²) in [5.41, 5.74) is 1.22. The number of halogens is 2. The average Bonchev–Trinajstić information content (AvgIpc) is 3.28. The smallest absolute Gasteiger partial charge is 0.269 e. The largest absolute Gasteiger partial charge is 0.383 e. The van der Waals surface area contributed by atoms with Crippen molar-refractivity contribution < 1.29 is 4.39 Å². The summed E-state index contributed by atoms with van der Waals surface area (Å²) in [6, 6.07) is 6.28. The quantitative estimate of drug-likeness (QED) is 0.900. The Morgan fingerprint density at radius 2 is 2.24 bits per heavy atom. The fraction of sp³-hybridized carbons (Fsp3) is 0.333. The number of hydrogen-bond donors (Lipinski definition) is 1. The van der Waals surface area contributed by atoms with Crippen LogP contribution in [0.2, 0.25) is 0 Å². The standard InChI is InChI=1S/C15H15BrFN3O/c16-15-11(2-1-3-13(15)17)9-20-14(21)6-12(8-19-20)18-7-10-4-5-10/h1-3,6,8,10,18H,4-5,7,9H2. The fourth-order valence-corrected chi connectivity index (χ4v) is 2.45. The molecule has 1 fully saturated rings. The molecule has 0 atom stereocenters. The molecule has 110 valence electrons. The van der Waals surface area contributed by atoms with Gasteiger partial charge in [0.2, 0.25) is 0 Å². The van der Waals surface area contributed by atoms with Crippen LogP contribution in [0.1, 0.15) is 18.4 Å². The van der Waals surface area contributed by atoms with Gasteiger partial charge in [0.05, 0.1) is 22.9 Å². The van der Waals surface area contributed by atoms with Crippen molar-refractivity contribution in [3.63, 3.8) is 0 Å². The van der Waals surface area contributed by atoms with Gasteiger partial charge >= 0.3 is 0 Å². The highest BCUT2D eigenvalue weighted by Crippen LogP contribution is 2.28. The van der Waals surface area contributed by atoms with E-state index < -0.39 is 0 Å². The Bertz CT molecular complexity index is 712. The van der Waals surface area contributed by atoms with Crippen LogP contribution >= 0.6 is 15.9 Å². The van der Waals surface area contributed by atoms with Gasteiger partial charge in [0, 0.05) is 12.6 Å². The van der Waals surface area contributed by atoms with Crippen molar-refractivity contribution in [3.8, 4) is 0 Å². The molecule has 21 heavy (non-hydrogen) atoms. The first kappa shape index (κ1) is 14.3. The molecule has 1 aromatic heterocycles. The third-order valence-corrected chi connectivity index (χ3v) is 4.40. The number of anilines is 1. The minimum atomic E-state index is -0.344. The monoisotopic (exact) mass is 351 g/mol. The van der Waals surface area contributed by atoms with Crippen molar-refractivity contribution in [1.82, 2.24) is 9.78 Å². The van der Waals surface area contributed by atoms with E-state index in [1.165, 1.54) is 29.7 Å². The second kappa shape index (κ2) is 5.97. The zero-order valence-electron chi connectivity index (χ0n) is 11.4. The Labute approximate surface area is 130 Å². The Morgan fingerprint density at radius 3 is 2.95 bits per heavy atom. The molecule has 3 rings (SSSR count). The van der Waals surface area contributed by atoms with Gasteiger partial charge in [0.25, 0.3) is 5.56 Å². The molecule has 1 heterocycles. The van der Waals surface area contributed by atoms with Gasteiger partial charge in [-0.3, -0.25) is 4.79 Å². The SMILES string of the molecule is O=c1cc(NCC2CC2)cnn1Cc1cccc(F)c1Br. The molecule has 0 spiro atoms. The molecule has 0 saturated heterocycles. The minimum Gasteiger partial charge on any atom is -0.383 e. The average molecular weight is 352 g/mol. The second-order valence-corrected chi connectivity index (χ2v) is 6.07. The van der Waals surface area contributed by atoms with E-state index in [-0.39, 0.29) is 17.9 Å². The molecule has 4 nitrogen and oxygen atoms in total. The lowest BCUT2D eigenvalue weighted by Gasteiger charge is -2.09. The van der Waals surface area contributed by atoms with E-state index in [4.69, 9.17) is 0 Å². The predicted octanol–water partition coefficient (Wildman–Crippen LogP) is 3.02. The molecule has 1 aromatic carbocycles. The maximum atomic E-state index is 13.5. The zero-order valence-corrected chi connectivity index (χ0v) is 12.9. The first-order valence-electron chi connectivity index (χ1n) is 6.87. The number of aromatic nitrogens is 2. The summed E-state index contributed by atoms with van der Waals surface area (Å²) < 4.78 is 15.2. The third-order valence-electron chi connectivity index (χ3n) is 3.51. The molecule has 2 aromatic rings. The van der Waals surface area contributed by atoms with Gasteiger partial charge in [-0.15, -0.1) is 0 Å². The van der Waals surface area contributed by atoms with E-state index >= 15 is 0 Å². The molecule has 1 aliphatic rings. The molecule has 0 bridgehead atoms. The highest BCUT2D eigenvalue weighted by atomic mass is 79.9. The van der Waals surface area contributed by atoms with Crippen LogP contribution in [-0.4, -0.2) is 16.3 Å². The summed E-state index contributed by atoms with van der Waals surface area (Å²) in [4.78, 5) is 12.1. The molecular formula is C15H15BrFN3O. The Balaban J connectivity index is 1.76. The van der Waals surface area contributed by atoms with E-state index in [1.54, 1.807) is 18.3 Å². The Morgan fingerprint density at radius 1 is 1.43 bits per heavy atom. The number of benzene rings is 1. The van der Waals surface area contributed by atoms with Crippen molar-refractivity contribution >= 4 is 21.6 Å². The highest BCUT2D eigenvalue weighted by molar-refractivity contribution is 9.10. The van der Waals surface area contributed by atoms with Gasteiger partial charge in [0.15, 0.2) is 0 Å². The van der Waals surface area contributed by atoms with Crippen LogP contribution in [0.15, 0.2) is 39.7 Å². The molecule has 1 N–H and O–H groups in total. The predicted molar refractivity (Wildman–Crippen MR) is 82.9 cm³/mol. The van der Waals surface area contributed by atoms with Crippen LogP contribution in [0.25, 0.3) is 0 Å². The molecule has 0 radical (unpaired) electrons. The number of nitrogens with one attached hydrogen (secondary N) is 1. The molecule has 0 unspecified atom stereocenters. The molecule has 0 aliphatic heterocycles. The van der Waals surface area contributed by atoms with E-state index in [0.29, 0.717) is 10.0 Å². The molecule has 6 heteroatoms. The molecule has 0 amide bonds. The first-order valence-corrected chi connectivity index (χ1v) is 7.67. The Kier molecular flexibility index (Phi) is 4.05. The van der Waals surface area contributed by atoms with Gasteiger partial charge in [-0.2, -0.15) is 5.10 Å². The number of hydrogen-bond acceptors (Lipinski definition) is 3. The zero-order chi connectivity index (χ0) is 14.8. The lowest BCUT2D eigenvalue weighted by Crippen LogP contribution is -2.23. The van der Waals surface area contributed by atoms with Crippen LogP contribution in [0.5, 0.6) is 0 Å². The summed E-state index contributed by atoms with van der Waals surface area (Å²) in [6.45, 7) is 1.13. The summed E-state index contributed by atoms with van der Waals surface area (Å²) >= 11 is 3.19. The van der Waals surface area contributed by atoms with Crippen LogP contribution in [0.4, 0.5) is 10.1 Å². The maximum absolute atomic E-state index is 13.5. The van der Waals surface area contributed by atoms with Crippen LogP contribution in [-0.2, 0) is 6.54 Å². The summed E-state index contributed by atoms with van der Waals surface area (Å²) in [5.74, 6) is 0.388. The van der Waals surface area contributed by atoms with E-state index in [9.17, 15) is 9.18 Å². The van der Waals surface area contributed by atoms with Gasteiger partial charge in [-0.25, -0.2) is 9.07 Å². The summed E-state index contributed by atoms with van der Waals surface area (Å²) in [7, 11) is 0. The van der Waals surface area contributed by atoms with Gasteiger partial charge in [0.1, 0.15) is 5.82 Å². The lowest BCUT2D eigenvalue weighted by molar-refractivity contribution is 0.603. The van der Waals surface area contributed by atoms with Crippen LogP contribution < -0.4 is 10.9 Å². The number of nitrogens with zero attached hydrogens (tertiary/aromatic N) is 2. The van der Waals surface area contributed by atoms with Gasteiger partial charge in [-0.1, -0.05) is 12.1 Å². The highest BCUT2D eigenvalue weighted by Gasteiger charge is 2.20. The minimum absolute atomic E-state index is 0.202. The molecular weight excluding hydrogens is 337 g/mol. The van der Waals surface area contributed by atoms with E-state index in [0.717, 1.165) is 18.2 Å². The van der Waals surface area contributed by atoms with Crippen molar-refractivity contribution in [2.75, 3.05) is 11.9 Å². The number of rotatable bonds is 5. The van der Waals surface area contributed by atoms with E-state index in [2.05, 4.69) is 26.3 Å². The van der Waals surface area contributed by atoms with Gasteiger partial charge in [-0.05, 0) is 46.3 Å². The fourth-order valence-electron chi connectivity index (χ4n) is 2.07.